The van der Waals surface area contributed by atoms with Gasteiger partial charge in [-0.2, -0.15) is 0 Å². The van der Waals surface area contributed by atoms with Gasteiger partial charge in [-0.1, -0.05) is 0 Å². The number of nitrogens with one attached hydrogen (secondary N) is 1. The summed E-state index contributed by atoms with van der Waals surface area (Å²) in [6.45, 7) is 0. The Morgan fingerprint density at radius 1 is 0.867 bits per heavy atom. The van der Waals surface area contributed by atoms with Gasteiger partial charge in [-0.15, -0.1) is 0 Å². The van der Waals surface area contributed by atoms with Gasteiger partial charge in [0.05, 0.1) is 18.2 Å². The molecule has 0 radical (unpaired) electrons. The van der Waals surface area contributed by atoms with Crippen LogP contribution in [-0.2, 0) is 9.59 Å². The maximum absolute atomic E-state index is 13.3. The molecule has 0 atom stereocenters. The third-order valence-electron chi connectivity index (χ3n) is 8.74. The molecule has 0 saturated heterocycles. The van der Waals surface area contributed by atoms with E-state index in [0.29, 0.717) is 17.2 Å². The van der Waals surface area contributed by atoms with Crippen molar-refractivity contribution in [1.82, 2.24) is 0 Å². The van der Waals surface area contributed by atoms with Crippen molar-refractivity contribution in [3.63, 3.8) is 0 Å². The third kappa shape index (κ3) is 3.40. The van der Waals surface area contributed by atoms with Gasteiger partial charge in [-0.3, -0.25) is 9.59 Å². The highest BCUT2D eigenvalue weighted by Crippen LogP contribution is 2.52. The van der Waals surface area contributed by atoms with Crippen molar-refractivity contribution in [2.45, 2.75) is 77.0 Å². The van der Waals surface area contributed by atoms with Crippen LogP contribution >= 0.6 is 0 Å². The average molecular weight is 412 g/mol. The Morgan fingerprint density at radius 3 is 1.93 bits per heavy atom. The van der Waals surface area contributed by atoms with E-state index in [4.69, 9.17) is 9.47 Å². The van der Waals surface area contributed by atoms with E-state index < -0.39 is 0 Å². The summed E-state index contributed by atoms with van der Waals surface area (Å²) in [5.74, 6) is 2.58. The number of methoxy groups -OCH3 is 1. The Balaban J connectivity index is 1.36. The van der Waals surface area contributed by atoms with Crippen LogP contribution in [0.1, 0.15) is 77.0 Å². The van der Waals surface area contributed by atoms with Gasteiger partial charge < -0.3 is 14.8 Å². The number of carbonyl (C=O) groups excluding carboxylic acids is 2. The first kappa shape index (κ1) is 19.9. The molecule has 0 unspecified atom stereocenters. The largest absolute Gasteiger partial charge is 0.497 e. The van der Waals surface area contributed by atoms with Gasteiger partial charge in [0.15, 0.2) is 5.75 Å². The number of fused-ring (bicyclic) bond motifs is 6. The first-order chi connectivity index (χ1) is 14.5. The van der Waals surface area contributed by atoms with E-state index in [9.17, 15) is 9.59 Å². The third-order valence-corrected chi connectivity index (χ3v) is 8.74. The van der Waals surface area contributed by atoms with E-state index >= 15 is 0 Å². The Bertz CT molecular complexity index is 804. The summed E-state index contributed by atoms with van der Waals surface area (Å²) < 4.78 is 11.3. The summed E-state index contributed by atoms with van der Waals surface area (Å²) >= 11 is 0. The summed E-state index contributed by atoms with van der Waals surface area (Å²) in [6, 6.07) is 5.35. The summed E-state index contributed by atoms with van der Waals surface area (Å²) in [5, 5.41) is 3.12. The molecule has 0 aromatic heterocycles. The summed E-state index contributed by atoms with van der Waals surface area (Å²) in [7, 11) is 1.60. The number of hydrogen-bond donors (Lipinski definition) is 1. The minimum absolute atomic E-state index is 0.0828. The summed E-state index contributed by atoms with van der Waals surface area (Å²) in [5.41, 5.74) is -0.0206. The molecule has 7 rings (SSSR count). The second-order valence-corrected chi connectivity index (χ2v) is 10.2. The van der Waals surface area contributed by atoms with Crippen molar-refractivity contribution < 1.29 is 19.1 Å². The number of benzene rings is 1. The van der Waals surface area contributed by atoms with Gasteiger partial charge in [0, 0.05) is 11.5 Å². The van der Waals surface area contributed by atoms with E-state index in [1.807, 2.05) is 6.07 Å². The molecule has 6 saturated carbocycles. The molecular weight excluding hydrogens is 378 g/mol. The van der Waals surface area contributed by atoms with E-state index in [1.54, 1.807) is 19.2 Å². The zero-order valence-corrected chi connectivity index (χ0v) is 18.0. The van der Waals surface area contributed by atoms with E-state index in [-0.39, 0.29) is 22.7 Å². The Morgan fingerprint density at radius 2 is 1.40 bits per heavy atom. The molecule has 1 aromatic rings. The molecule has 5 nitrogen and oxygen atoms in total. The van der Waals surface area contributed by atoms with Gasteiger partial charge >= 0.3 is 5.97 Å². The van der Waals surface area contributed by atoms with Gasteiger partial charge in [-0.25, -0.2) is 0 Å². The minimum Gasteiger partial charge on any atom is -0.497 e. The van der Waals surface area contributed by atoms with Crippen LogP contribution < -0.4 is 14.8 Å². The standard InChI is InChI=1S/C25H33NO4/c1-29-19-2-3-20(26-22(27)24-10-4-17(5-11-24)6-12-24)21(16-19)30-23(28)25-13-7-18(8-14-25)9-15-25/h2-3,16-18H,4-15H2,1H3,(H,26,27). The number of carbonyl (C=O) groups is 2. The molecular formula is C25H33NO4. The molecule has 30 heavy (non-hydrogen) atoms. The van der Waals surface area contributed by atoms with Crippen molar-refractivity contribution in [1.29, 1.82) is 0 Å². The van der Waals surface area contributed by atoms with Crippen LogP contribution in [-0.4, -0.2) is 19.0 Å². The van der Waals surface area contributed by atoms with Crippen LogP contribution in [0.3, 0.4) is 0 Å². The van der Waals surface area contributed by atoms with Gasteiger partial charge in [0.1, 0.15) is 5.75 Å². The highest BCUT2D eigenvalue weighted by Gasteiger charge is 2.48. The number of amides is 1. The van der Waals surface area contributed by atoms with Crippen LogP contribution in [0.15, 0.2) is 18.2 Å². The lowest BCUT2D eigenvalue weighted by atomic mass is 9.60. The molecule has 6 aliphatic carbocycles. The molecule has 1 aromatic carbocycles. The topological polar surface area (TPSA) is 64.6 Å². The van der Waals surface area contributed by atoms with Crippen molar-refractivity contribution in [3.05, 3.63) is 18.2 Å². The maximum Gasteiger partial charge on any atom is 0.317 e. The van der Waals surface area contributed by atoms with Gasteiger partial charge in [-0.05, 0) is 101 Å². The van der Waals surface area contributed by atoms with E-state index in [2.05, 4.69) is 5.32 Å². The smallest absolute Gasteiger partial charge is 0.317 e. The van der Waals surface area contributed by atoms with Crippen molar-refractivity contribution in [2.75, 3.05) is 12.4 Å². The van der Waals surface area contributed by atoms with Crippen LogP contribution in [0.25, 0.3) is 0 Å². The number of ether oxygens (including phenoxy) is 2. The average Bonchev–Trinajstić information content (AvgIpc) is 2.82. The summed E-state index contributed by atoms with van der Waals surface area (Å²) in [6.07, 6.45) is 12.5. The van der Waals surface area contributed by atoms with Crippen molar-refractivity contribution in [3.8, 4) is 11.5 Å². The normalized spacial score (nSPS) is 34.4. The minimum atomic E-state index is -0.348. The molecule has 1 amide bonds. The number of hydrogen-bond acceptors (Lipinski definition) is 4. The fraction of sp³-hybridized carbons (Fsp3) is 0.680. The zero-order valence-electron chi connectivity index (χ0n) is 18.0. The molecule has 4 bridgehead atoms. The van der Waals surface area contributed by atoms with Gasteiger partial charge in [0.2, 0.25) is 5.91 Å². The second kappa shape index (κ2) is 7.58. The Kier molecular flexibility index (Phi) is 5.03. The molecule has 0 aliphatic heterocycles. The Labute approximate surface area is 178 Å². The van der Waals surface area contributed by atoms with Crippen LogP contribution in [0.4, 0.5) is 5.69 Å². The summed E-state index contributed by atoms with van der Waals surface area (Å²) in [4.78, 5) is 26.5. The predicted molar refractivity (Wildman–Crippen MR) is 115 cm³/mol. The number of rotatable bonds is 5. The van der Waals surface area contributed by atoms with Gasteiger partial charge in [0.25, 0.3) is 0 Å². The van der Waals surface area contributed by atoms with E-state index in [1.165, 1.54) is 0 Å². The first-order valence-electron chi connectivity index (χ1n) is 11.7. The Hall–Kier alpha value is -2.04. The lowest BCUT2D eigenvalue weighted by Gasteiger charge is -2.45. The quantitative estimate of drug-likeness (QED) is 0.515. The maximum atomic E-state index is 13.3. The lowest BCUT2D eigenvalue weighted by Crippen LogP contribution is -2.44. The highest BCUT2D eigenvalue weighted by molar-refractivity contribution is 5.97. The molecule has 1 N–H and O–H groups in total. The van der Waals surface area contributed by atoms with E-state index in [0.717, 1.165) is 88.9 Å². The van der Waals surface area contributed by atoms with Crippen molar-refractivity contribution in [2.24, 2.45) is 22.7 Å². The fourth-order valence-corrected chi connectivity index (χ4v) is 6.43. The molecule has 6 fully saturated rings. The SMILES string of the molecule is COc1ccc(NC(=O)C23CCC(CC2)CC3)c(OC(=O)C23CCC(CC2)CC3)c1. The lowest BCUT2D eigenvalue weighted by molar-refractivity contribution is -0.152. The fourth-order valence-electron chi connectivity index (χ4n) is 6.43. The van der Waals surface area contributed by atoms with Crippen molar-refractivity contribution >= 4 is 17.6 Å². The molecule has 6 aliphatic rings. The molecule has 5 heteroatoms. The number of esters is 1. The molecule has 0 spiro atoms. The monoisotopic (exact) mass is 411 g/mol. The number of anilines is 1. The van der Waals surface area contributed by atoms with Crippen LogP contribution in [0.5, 0.6) is 11.5 Å². The predicted octanol–water partition coefficient (Wildman–Crippen LogP) is 5.48. The molecule has 0 heterocycles. The molecule has 162 valence electrons. The van der Waals surface area contributed by atoms with Crippen LogP contribution in [0.2, 0.25) is 0 Å². The highest BCUT2D eigenvalue weighted by atomic mass is 16.5. The van der Waals surface area contributed by atoms with Crippen LogP contribution in [0, 0.1) is 22.7 Å². The first-order valence-corrected chi connectivity index (χ1v) is 11.7. The second-order valence-electron chi connectivity index (χ2n) is 10.2. The zero-order chi connectivity index (χ0) is 20.8.